The average molecular weight is 208 g/mol. The smallest absolute Gasteiger partial charge is 0.311 e. The molecule has 1 aromatic rings. The molecular weight excluding hydrogens is 196 g/mol. The summed E-state index contributed by atoms with van der Waals surface area (Å²) in [5.41, 5.74) is 1.92. The van der Waals surface area contributed by atoms with Crippen LogP contribution in [-0.2, 0) is 9.53 Å². The molecule has 14 heavy (non-hydrogen) atoms. The van der Waals surface area contributed by atoms with Gasteiger partial charge < -0.3 is 4.74 Å². The van der Waals surface area contributed by atoms with Gasteiger partial charge in [0.25, 0.3) is 0 Å². The first-order valence-corrected chi connectivity index (χ1v) is 4.86. The van der Waals surface area contributed by atoms with Gasteiger partial charge in [-0.05, 0) is 19.1 Å². The Morgan fingerprint density at radius 1 is 1.36 bits per heavy atom. The quantitative estimate of drug-likeness (QED) is 0.552. The van der Waals surface area contributed by atoms with Crippen LogP contribution in [0.25, 0.3) is 0 Å². The van der Waals surface area contributed by atoms with Crippen molar-refractivity contribution in [1.82, 2.24) is 0 Å². The van der Waals surface area contributed by atoms with E-state index in [0.717, 1.165) is 11.1 Å². The van der Waals surface area contributed by atoms with Crippen LogP contribution >= 0.6 is 12.2 Å². The van der Waals surface area contributed by atoms with E-state index in [2.05, 4.69) is 0 Å². The van der Waals surface area contributed by atoms with Crippen LogP contribution in [0.5, 0.6) is 0 Å². The number of hydrogen-bond acceptors (Lipinski definition) is 3. The summed E-state index contributed by atoms with van der Waals surface area (Å²) >= 11 is 4.96. The molecule has 0 saturated carbocycles. The van der Waals surface area contributed by atoms with Crippen LogP contribution < -0.4 is 0 Å². The highest BCUT2D eigenvalue weighted by molar-refractivity contribution is 7.80. The standard InChI is InChI=1S/C11H12O2S/c1-3-10(12)13-11(14)9-6-4-8(2)5-7-9/h4-7H,3H2,1-2H3. The molecule has 0 aliphatic carbocycles. The SMILES string of the molecule is CCC(=O)OC(=S)c1ccc(C)cc1. The molecule has 2 nitrogen and oxygen atoms in total. The van der Waals surface area contributed by atoms with E-state index in [1.807, 2.05) is 31.2 Å². The molecule has 0 aliphatic rings. The molecule has 74 valence electrons. The highest BCUT2D eigenvalue weighted by Crippen LogP contribution is 2.06. The van der Waals surface area contributed by atoms with Gasteiger partial charge in [-0.15, -0.1) is 0 Å². The van der Waals surface area contributed by atoms with Gasteiger partial charge in [0.15, 0.2) is 0 Å². The second-order valence-corrected chi connectivity index (χ2v) is 3.35. The van der Waals surface area contributed by atoms with Crippen molar-refractivity contribution in [2.75, 3.05) is 0 Å². The third-order valence-electron chi connectivity index (χ3n) is 1.78. The highest BCUT2D eigenvalue weighted by atomic mass is 32.1. The van der Waals surface area contributed by atoms with Crippen molar-refractivity contribution in [3.63, 3.8) is 0 Å². The summed E-state index contributed by atoms with van der Waals surface area (Å²) in [6, 6.07) is 7.56. The van der Waals surface area contributed by atoms with E-state index in [4.69, 9.17) is 17.0 Å². The lowest BCUT2D eigenvalue weighted by atomic mass is 10.2. The maximum Gasteiger partial charge on any atom is 0.311 e. The fourth-order valence-electron chi connectivity index (χ4n) is 0.924. The lowest BCUT2D eigenvalue weighted by Gasteiger charge is -2.04. The van der Waals surface area contributed by atoms with Gasteiger partial charge in [-0.25, -0.2) is 0 Å². The van der Waals surface area contributed by atoms with Gasteiger partial charge in [-0.3, -0.25) is 4.79 Å². The van der Waals surface area contributed by atoms with Crippen molar-refractivity contribution in [2.45, 2.75) is 20.3 Å². The van der Waals surface area contributed by atoms with Gasteiger partial charge in [0.1, 0.15) is 0 Å². The third-order valence-corrected chi connectivity index (χ3v) is 2.10. The minimum atomic E-state index is -0.296. The number of rotatable bonds is 2. The second-order valence-electron chi connectivity index (χ2n) is 2.98. The van der Waals surface area contributed by atoms with Gasteiger partial charge in [0, 0.05) is 12.0 Å². The number of thiocarbonyl (C=S) groups is 1. The largest absolute Gasteiger partial charge is 0.414 e. The minimum absolute atomic E-state index is 0.247. The van der Waals surface area contributed by atoms with Crippen LogP contribution in [0.15, 0.2) is 24.3 Å². The lowest BCUT2D eigenvalue weighted by molar-refractivity contribution is -0.134. The zero-order valence-electron chi connectivity index (χ0n) is 8.24. The summed E-state index contributed by atoms with van der Waals surface area (Å²) < 4.78 is 4.92. The Hall–Kier alpha value is -1.22. The number of hydrogen-bond donors (Lipinski definition) is 0. The molecule has 0 bridgehead atoms. The molecule has 0 radical (unpaired) electrons. The summed E-state index contributed by atoms with van der Waals surface area (Å²) in [7, 11) is 0. The topological polar surface area (TPSA) is 26.3 Å². The average Bonchev–Trinajstić information content (AvgIpc) is 2.18. The van der Waals surface area contributed by atoms with Crippen molar-refractivity contribution in [2.24, 2.45) is 0 Å². The number of carbonyl (C=O) groups excluding carboxylic acids is 1. The summed E-state index contributed by atoms with van der Waals surface area (Å²) in [5.74, 6) is -0.296. The minimum Gasteiger partial charge on any atom is -0.414 e. The fourth-order valence-corrected chi connectivity index (χ4v) is 1.15. The van der Waals surface area contributed by atoms with Gasteiger partial charge in [-0.1, -0.05) is 36.8 Å². The Bertz CT molecular complexity index is 341. The Morgan fingerprint density at radius 2 is 1.93 bits per heavy atom. The van der Waals surface area contributed by atoms with Crippen molar-refractivity contribution in [3.05, 3.63) is 35.4 Å². The molecule has 0 saturated heterocycles. The highest BCUT2D eigenvalue weighted by Gasteiger charge is 2.06. The molecule has 0 unspecified atom stereocenters. The van der Waals surface area contributed by atoms with Crippen molar-refractivity contribution in [3.8, 4) is 0 Å². The second kappa shape index (κ2) is 4.86. The molecule has 0 N–H and O–H groups in total. The Morgan fingerprint density at radius 3 is 2.43 bits per heavy atom. The fraction of sp³-hybridized carbons (Fsp3) is 0.273. The van der Waals surface area contributed by atoms with Crippen LogP contribution in [0.4, 0.5) is 0 Å². The van der Waals surface area contributed by atoms with Crippen molar-refractivity contribution < 1.29 is 9.53 Å². The predicted molar refractivity (Wildman–Crippen MR) is 59.3 cm³/mol. The van der Waals surface area contributed by atoms with Crippen LogP contribution in [0.2, 0.25) is 0 Å². The van der Waals surface area contributed by atoms with E-state index < -0.39 is 0 Å². The predicted octanol–water partition coefficient (Wildman–Crippen LogP) is 2.62. The molecule has 1 rings (SSSR count). The molecule has 0 amide bonds. The molecule has 3 heteroatoms. The molecular formula is C11H12O2S. The van der Waals surface area contributed by atoms with Gasteiger partial charge >= 0.3 is 5.97 Å². The van der Waals surface area contributed by atoms with E-state index in [1.54, 1.807) is 6.92 Å². The van der Waals surface area contributed by atoms with Crippen LogP contribution in [-0.4, -0.2) is 11.0 Å². The number of carbonyl (C=O) groups is 1. The third kappa shape index (κ3) is 2.92. The molecule has 0 spiro atoms. The molecule has 0 aliphatic heterocycles. The maximum absolute atomic E-state index is 11.0. The summed E-state index contributed by atoms with van der Waals surface area (Å²) in [6.45, 7) is 3.73. The van der Waals surface area contributed by atoms with E-state index in [0.29, 0.717) is 6.42 Å². The normalized spacial score (nSPS) is 9.57. The Kier molecular flexibility index (Phi) is 3.77. The number of benzene rings is 1. The van der Waals surface area contributed by atoms with Crippen LogP contribution in [0, 0.1) is 6.92 Å². The van der Waals surface area contributed by atoms with Crippen molar-refractivity contribution in [1.29, 1.82) is 0 Å². The van der Waals surface area contributed by atoms with Crippen molar-refractivity contribution >= 4 is 23.2 Å². The van der Waals surface area contributed by atoms with E-state index in [9.17, 15) is 4.79 Å². The number of ether oxygens (including phenoxy) is 1. The first-order chi connectivity index (χ1) is 6.63. The number of esters is 1. The first kappa shape index (κ1) is 10.9. The molecule has 1 aromatic carbocycles. The van der Waals surface area contributed by atoms with Crippen LogP contribution in [0.1, 0.15) is 24.5 Å². The zero-order chi connectivity index (χ0) is 10.6. The van der Waals surface area contributed by atoms with E-state index in [1.165, 1.54) is 0 Å². The van der Waals surface area contributed by atoms with Gasteiger partial charge in [0.05, 0.1) is 0 Å². The summed E-state index contributed by atoms with van der Waals surface area (Å²) in [5, 5.41) is 0.247. The van der Waals surface area contributed by atoms with E-state index >= 15 is 0 Å². The Balaban J connectivity index is 2.70. The number of aryl methyl sites for hydroxylation is 1. The Labute approximate surface area is 88.9 Å². The lowest BCUT2D eigenvalue weighted by Crippen LogP contribution is -2.10. The molecule has 0 aromatic heterocycles. The van der Waals surface area contributed by atoms with Gasteiger partial charge in [0.2, 0.25) is 5.05 Å². The summed E-state index contributed by atoms with van der Waals surface area (Å²) in [4.78, 5) is 11.0. The summed E-state index contributed by atoms with van der Waals surface area (Å²) in [6.07, 6.45) is 0.339. The zero-order valence-corrected chi connectivity index (χ0v) is 9.06. The first-order valence-electron chi connectivity index (χ1n) is 4.45. The molecule has 0 fully saturated rings. The molecule has 0 heterocycles. The van der Waals surface area contributed by atoms with Crippen LogP contribution in [0.3, 0.4) is 0 Å². The van der Waals surface area contributed by atoms with E-state index in [-0.39, 0.29) is 11.0 Å². The maximum atomic E-state index is 11.0. The monoisotopic (exact) mass is 208 g/mol. The molecule has 0 atom stereocenters. The van der Waals surface area contributed by atoms with Gasteiger partial charge in [-0.2, -0.15) is 0 Å².